The summed E-state index contributed by atoms with van der Waals surface area (Å²) in [5, 5.41) is 3.23. The summed E-state index contributed by atoms with van der Waals surface area (Å²) < 4.78 is 54.3. The number of hydrogen-bond donors (Lipinski definition) is 2. The van der Waals surface area contributed by atoms with Crippen molar-refractivity contribution in [2.45, 2.75) is 38.2 Å². The first-order valence-electron chi connectivity index (χ1n) is 13.6. The molecule has 2 N–H and O–H groups in total. The van der Waals surface area contributed by atoms with E-state index in [1.165, 1.54) is 19.2 Å². The van der Waals surface area contributed by atoms with E-state index >= 15 is 0 Å². The summed E-state index contributed by atoms with van der Waals surface area (Å²) in [6.07, 6.45) is 2.74. The number of sulfonamides is 1. The lowest BCUT2D eigenvalue weighted by molar-refractivity contribution is 0.0964. The van der Waals surface area contributed by atoms with E-state index in [4.69, 9.17) is 9.15 Å². The summed E-state index contributed by atoms with van der Waals surface area (Å²) in [5.74, 6) is -0.372. The minimum Gasteiger partial charge on any atom is -0.455 e. The molecule has 1 aliphatic rings. The van der Waals surface area contributed by atoms with Crippen molar-refractivity contribution in [2.75, 3.05) is 24.1 Å². The average Bonchev–Trinajstić information content (AvgIpc) is 3.75. The van der Waals surface area contributed by atoms with Gasteiger partial charge in [0.15, 0.2) is 0 Å². The number of ether oxygens (including phenoxy) is 1. The van der Waals surface area contributed by atoms with E-state index in [9.17, 15) is 17.6 Å². The molecule has 4 aromatic rings. The highest BCUT2D eigenvalue weighted by molar-refractivity contribution is 7.92. The minimum atomic E-state index is -3.70. The Morgan fingerprint density at radius 3 is 2.49 bits per heavy atom. The normalized spacial score (nSPS) is 13.3. The molecular weight excluding hydrogens is 543 g/mol. The molecule has 41 heavy (non-hydrogen) atoms. The Kier molecular flexibility index (Phi) is 8.56. The van der Waals surface area contributed by atoms with Crippen molar-refractivity contribution in [1.82, 2.24) is 5.32 Å². The Balaban J connectivity index is 1.31. The summed E-state index contributed by atoms with van der Waals surface area (Å²) in [6.45, 7) is 4.99. The van der Waals surface area contributed by atoms with Crippen molar-refractivity contribution in [2.24, 2.45) is 0 Å². The van der Waals surface area contributed by atoms with Crippen LogP contribution in [0.4, 0.5) is 10.1 Å². The predicted octanol–water partition coefficient (Wildman–Crippen LogP) is 6.77. The van der Waals surface area contributed by atoms with Crippen LogP contribution in [0.2, 0.25) is 0 Å². The Hall–Kier alpha value is -3.95. The Morgan fingerprint density at radius 2 is 1.80 bits per heavy atom. The van der Waals surface area contributed by atoms with Gasteiger partial charge < -0.3 is 14.5 Å². The third-order valence-electron chi connectivity index (χ3n) is 7.14. The first-order chi connectivity index (χ1) is 19.7. The standard InChI is InChI=1S/C32H33FN2O5S/c1-21(14-16-39-20-22-6-4-3-5-7-22)15-17-41(37,38)35-28-19-29-27(18-26(28)23-8-9-23)30(32(36)34-2)31(40-29)24-10-12-25(33)13-11-24/h3-7,10-13,18-19,23,35H,1,8-9,14-17,20H2,2H3,(H,34,36). The van der Waals surface area contributed by atoms with Crippen LogP contribution in [-0.4, -0.2) is 33.7 Å². The lowest BCUT2D eigenvalue weighted by Gasteiger charge is -2.13. The van der Waals surface area contributed by atoms with Crippen LogP contribution in [0.25, 0.3) is 22.3 Å². The maximum atomic E-state index is 13.6. The quantitative estimate of drug-likeness (QED) is 0.135. The van der Waals surface area contributed by atoms with Gasteiger partial charge in [0.2, 0.25) is 10.0 Å². The largest absolute Gasteiger partial charge is 0.455 e. The zero-order valence-corrected chi connectivity index (χ0v) is 23.7. The molecule has 0 spiro atoms. The SMILES string of the molecule is C=C(CCOCc1ccccc1)CCS(=O)(=O)Nc1cc2oc(-c3ccc(F)cc3)c(C(=O)NC)c2cc1C1CC1. The first kappa shape index (κ1) is 28.6. The van der Waals surface area contributed by atoms with Crippen molar-refractivity contribution in [1.29, 1.82) is 0 Å². The van der Waals surface area contributed by atoms with Crippen LogP contribution in [-0.2, 0) is 21.4 Å². The van der Waals surface area contributed by atoms with Crippen molar-refractivity contribution < 1.29 is 26.8 Å². The van der Waals surface area contributed by atoms with E-state index in [-0.39, 0.29) is 17.6 Å². The number of nitrogens with one attached hydrogen (secondary N) is 2. The number of halogens is 1. The topological polar surface area (TPSA) is 97.6 Å². The van der Waals surface area contributed by atoms with Gasteiger partial charge in [-0.25, -0.2) is 12.8 Å². The fraction of sp³-hybridized carbons (Fsp3) is 0.281. The Morgan fingerprint density at radius 1 is 1.07 bits per heavy atom. The molecule has 0 saturated heterocycles. The fourth-order valence-corrected chi connectivity index (χ4v) is 5.91. The molecule has 9 heteroatoms. The smallest absolute Gasteiger partial charge is 0.255 e. The van der Waals surface area contributed by atoms with Gasteiger partial charge in [-0.3, -0.25) is 9.52 Å². The molecule has 1 saturated carbocycles. The molecular formula is C32H33FN2O5S. The van der Waals surface area contributed by atoms with E-state index in [1.54, 1.807) is 18.2 Å². The van der Waals surface area contributed by atoms with Crippen LogP contribution in [0, 0.1) is 5.82 Å². The number of carbonyl (C=O) groups is 1. The van der Waals surface area contributed by atoms with Gasteiger partial charge in [0.25, 0.3) is 5.91 Å². The van der Waals surface area contributed by atoms with Crippen LogP contribution in [0.5, 0.6) is 0 Å². The highest BCUT2D eigenvalue weighted by Crippen LogP contribution is 2.47. The highest BCUT2D eigenvalue weighted by atomic mass is 32.2. The van der Waals surface area contributed by atoms with E-state index in [0.29, 0.717) is 59.6 Å². The maximum absolute atomic E-state index is 13.6. The molecule has 0 aliphatic heterocycles. The molecule has 7 nitrogen and oxygen atoms in total. The first-order valence-corrected chi connectivity index (χ1v) is 15.3. The zero-order chi connectivity index (χ0) is 29.0. The molecule has 1 heterocycles. The second kappa shape index (κ2) is 12.3. The third-order valence-corrected chi connectivity index (χ3v) is 8.41. The van der Waals surface area contributed by atoms with Crippen LogP contribution in [0.1, 0.15) is 53.1 Å². The van der Waals surface area contributed by atoms with E-state index < -0.39 is 15.8 Å². The Labute approximate surface area is 239 Å². The van der Waals surface area contributed by atoms with Crippen molar-refractivity contribution >= 4 is 32.6 Å². The molecule has 1 amide bonds. The van der Waals surface area contributed by atoms with Gasteiger partial charge >= 0.3 is 0 Å². The lowest BCUT2D eigenvalue weighted by atomic mass is 10.0. The van der Waals surface area contributed by atoms with Crippen molar-refractivity contribution in [3.05, 3.63) is 101 Å². The molecule has 5 rings (SSSR count). The number of benzene rings is 3. The number of anilines is 1. The maximum Gasteiger partial charge on any atom is 0.255 e. The van der Waals surface area contributed by atoms with Gasteiger partial charge in [-0.2, -0.15) is 0 Å². The monoisotopic (exact) mass is 576 g/mol. The summed E-state index contributed by atoms with van der Waals surface area (Å²) in [7, 11) is -2.16. The molecule has 0 unspecified atom stereocenters. The minimum absolute atomic E-state index is 0.116. The number of fused-ring (bicyclic) bond motifs is 1. The molecule has 0 bridgehead atoms. The average molecular weight is 577 g/mol. The lowest BCUT2D eigenvalue weighted by Crippen LogP contribution is -2.19. The molecule has 1 fully saturated rings. The van der Waals surface area contributed by atoms with E-state index in [1.807, 2.05) is 36.4 Å². The van der Waals surface area contributed by atoms with Crippen molar-refractivity contribution in [3.8, 4) is 11.3 Å². The Bertz CT molecular complexity index is 1660. The highest BCUT2D eigenvalue weighted by Gasteiger charge is 2.30. The van der Waals surface area contributed by atoms with Gasteiger partial charge in [0, 0.05) is 24.1 Å². The third kappa shape index (κ3) is 7.04. The number of furan rings is 1. The molecule has 0 atom stereocenters. The number of rotatable bonds is 13. The van der Waals surface area contributed by atoms with Crippen molar-refractivity contribution in [3.63, 3.8) is 0 Å². The number of hydrogen-bond acceptors (Lipinski definition) is 5. The molecule has 3 aromatic carbocycles. The molecule has 1 aliphatic carbocycles. The summed E-state index contributed by atoms with van der Waals surface area (Å²) in [6, 6.07) is 19.0. The molecule has 1 aromatic heterocycles. The molecule has 214 valence electrons. The van der Waals surface area contributed by atoms with E-state index in [2.05, 4.69) is 16.6 Å². The zero-order valence-electron chi connectivity index (χ0n) is 22.9. The van der Waals surface area contributed by atoms with Gasteiger partial charge in [-0.15, -0.1) is 0 Å². The van der Waals surface area contributed by atoms with Gasteiger partial charge in [0.05, 0.1) is 30.2 Å². The second-order valence-electron chi connectivity index (χ2n) is 10.3. The van der Waals surface area contributed by atoms with Crippen LogP contribution >= 0.6 is 0 Å². The van der Waals surface area contributed by atoms with E-state index in [0.717, 1.165) is 29.5 Å². The summed E-state index contributed by atoms with van der Waals surface area (Å²) >= 11 is 0. The summed E-state index contributed by atoms with van der Waals surface area (Å²) in [5.41, 5.74) is 4.39. The van der Waals surface area contributed by atoms with Crippen LogP contribution in [0.3, 0.4) is 0 Å². The van der Waals surface area contributed by atoms with Gasteiger partial charge in [-0.1, -0.05) is 42.5 Å². The number of carbonyl (C=O) groups excluding carboxylic acids is 1. The second-order valence-corrected chi connectivity index (χ2v) is 12.2. The van der Waals surface area contributed by atoms with Gasteiger partial charge in [0.1, 0.15) is 17.2 Å². The van der Waals surface area contributed by atoms with Crippen LogP contribution in [0.15, 0.2) is 83.3 Å². The number of amides is 1. The molecule has 0 radical (unpaired) electrons. The van der Waals surface area contributed by atoms with Crippen LogP contribution < -0.4 is 10.0 Å². The fourth-order valence-electron chi connectivity index (χ4n) is 4.74. The summed E-state index contributed by atoms with van der Waals surface area (Å²) in [4.78, 5) is 12.9. The predicted molar refractivity (Wildman–Crippen MR) is 159 cm³/mol. The van der Waals surface area contributed by atoms with Gasteiger partial charge in [-0.05, 0) is 73.1 Å².